The summed E-state index contributed by atoms with van der Waals surface area (Å²) in [6.45, 7) is 6.10. The van der Waals surface area contributed by atoms with E-state index >= 15 is 0 Å². The number of aromatic nitrogens is 2. The van der Waals surface area contributed by atoms with Gasteiger partial charge in [0.05, 0.1) is 39.7 Å². The molecule has 2 aromatic rings. The lowest BCUT2D eigenvalue weighted by atomic mass is 10.0. The number of carbonyl (C=O) groups is 1. The van der Waals surface area contributed by atoms with Gasteiger partial charge in [0.15, 0.2) is 0 Å². The number of carbonyl (C=O) groups excluding carboxylic acids is 1. The molecular weight excluding hydrogens is 354 g/mol. The van der Waals surface area contributed by atoms with E-state index in [-0.39, 0.29) is 29.1 Å². The maximum absolute atomic E-state index is 12.4. The molecule has 27 heavy (non-hydrogen) atoms. The van der Waals surface area contributed by atoms with Crippen LogP contribution in [0.1, 0.15) is 22.8 Å². The molecular formula is C18H21N3O6. The zero-order valence-corrected chi connectivity index (χ0v) is 15.6. The van der Waals surface area contributed by atoms with Crippen LogP contribution < -0.4 is 19.7 Å². The first-order chi connectivity index (χ1) is 13.0. The number of rotatable bonds is 9. The minimum atomic E-state index is -0.616. The molecule has 144 valence electrons. The van der Waals surface area contributed by atoms with Gasteiger partial charge in [-0.2, -0.15) is 9.97 Å². The summed E-state index contributed by atoms with van der Waals surface area (Å²) in [7, 11) is 4.18. The Morgan fingerprint density at radius 3 is 2.37 bits per heavy atom. The van der Waals surface area contributed by atoms with Crippen molar-refractivity contribution in [3.05, 3.63) is 42.0 Å². The fourth-order valence-electron chi connectivity index (χ4n) is 2.13. The maximum Gasteiger partial charge on any atom is 0.342 e. The molecule has 0 fully saturated rings. The molecule has 9 heteroatoms. The number of hydrogen-bond donors (Lipinski definition) is 1. The third kappa shape index (κ3) is 4.85. The lowest BCUT2D eigenvalue weighted by molar-refractivity contribution is 0.0596. The summed E-state index contributed by atoms with van der Waals surface area (Å²) in [4.78, 5) is 25.7. The van der Waals surface area contributed by atoms with Gasteiger partial charge in [-0.05, 0) is 13.0 Å². The molecule has 2 rings (SSSR count). The second-order valence-corrected chi connectivity index (χ2v) is 5.02. The second-order valence-electron chi connectivity index (χ2n) is 5.02. The molecule has 0 radical (unpaired) electrons. The number of nitrogens with one attached hydrogen (secondary N) is 1. The van der Waals surface area contributed by atoms with Crippen LogP contribution >= 0.6 is 0 Å². The van der Waals surface area contributed by atoms with Crippen molar-refractivity contribution >= 4 is 11.7 Å². The van der Waals surface area contributed by atoms with Gasteiger partial charge in [0.2, 0.25) is 11.8 Å². The first-order valence-electron chi connectivity index (χ1n) is 7.97. The van der Waals surface area contributed by atoms with Gasteiger partial charge in [0.1, 0.15) is 11.3 Å². The molecule has 1 aromatic carbocycles. The van der Waals surface area contributed by atoms with E-state index < -0.39 is 5.97 Å². The van der Waals surface area contributed by atoms with Gasteiger partial charge in [0, 0.05) is 5.56 Å². The summed E-state index contributed by atoms with van der Waals surface area (Å²) in [6.07, 6.45) is 0. The van der Waals surface area contributed by atoms with Gasteiger partial charge in [-0.15, -0.1) is 0 Å². The van der Waals surface area contributed by atoms with Crippen LogP contribution in [0.5, 0.6) is 23.5 Å². The molecule has 0 atom stereocenters. The zero-order valence-electron chi connectivity index (χ0n) is 15.6. The number of hydrogen-bond acceptors (Lipinski definition) is 9. The summed E-state index contributed by atoms with van der Waals surface area (Å²) in [5, 5.41) is 0. The molecule has 1 heterocycles. The number of benzene rings is 1. The number of nitrogens with zero attached hydrogens (tertiary/aromatic N) is 2. The molecule has 1 aromatic heterocycles. The van der Waals surface area contributed by atoms with Crippen LogP contribution in [-0.4, -0.2) is 43.9 Å². The van der Waals surface area contributed by atoms with E-state index in [2.05, 4.69) is 22.0 Å². The van der Waals surface area contributed by atoms with Crippen molar-refractivity contribution in [2.75, 3.05) is 27.9 Å². The minimum Gasteiger partial charge on any atom is -0.481 e. The van der Waals surface area contributed by atoms with Gasteiger partial charge in [-0.3, -0.25) is 10.3 Å². The normalized spacial score (nSPS) is 10.1. The smallest absolute Gasteiger partial charge is 0.342 e. The topological polar surface area (TPSA) is 101 Å². The monoisotopic (exact) mass is 375 g/mol. The summed E-state index contributed by atoms with van der Waals surface area (Å²) in [5.74, 6) is 0.0501. The van der Waals surface area contributed by atoms with Gasteiger partial charge < -0.3 is 18.9 Å². The highest BCUT2D eigenvalue weighted by Crippen LogP contribution is 2.31. The molecule has 9 nitrogen and oxygen atoms in total. The second kappa shape index (κ2) is 9.39. The molecule has 0 spiro atoms. The maximum atomic E-state index is 12.4. The number of esters is 1. The Morgan fingerprint density at radius 1 is 1.15 bits per heavy atom. The van der Waals surface area contributed by atoms with E-state index in [4.69, 9.17) is 23.8 Å². The van der Waals surface area contributed by atoms with E-state index in [1.165, 1.54) is 27.4 Å². The van der Waals surface area contributed by atoms with Crippen molar-refractivity contribution in [1.29, 1.82) is 0 Å². The van der Waals surface area contributed by atoms with Gasteiger partial charge in [-0.1, -0.05) is 18.7 Å². The Kier molecular flexibility index (Phi) is 6.95. The van der Waals surface area contributed by atoms with Gasteiger partial charge >= 0.3 is 12.0 Å². The highest BCUT2D eigenvalue weighted by Gasteiger charge is 2.22. The van der Waals surface area contributed by atoms with Crippen LogP contribution in [0.3, 0.4) is 0 Å². The average molecular weight is 375 g/mol. The van der Waals surface area contributed by atoms with Crippen molar-refractivity contribution in [2.24, 2.45) is 0 Å². The fraction of sp³-hybridized carbons (Fsp3) is 0.278. The highest BCUT2D eigenvalue weighted by molar-refractivity contribution is 5.97. The van der Waals surface area contributed by atoms with E-state index in [1.54, 1.807) is 18.2 Å². The van der Waals surface area contributed by atoms with Gasteiger partial charge in [-0.25, -0.2) is 4.79 Å². The van der Waals surface area contributed by atoms with E-state index in [9.17, 15) is 4.79 Å². The first kappa shape index (κ1) is 20.0. The fourth-order valence-corrected chi connectivity index (χ4v) is 2.13. The third-order valence-electron chi connectivity index (χ3n) is 3.36. The van der Waals surface area contributed by atoms with E-state index in [0.717, 1.165) is 0 Å². The number of hydroxylamine groups is 1. The highest BCUT2D eigenvalue weighted by atomic mass is 16.6. The molecule has 0 amide bonds. The predicted molar refractivity (Wildman–Crippen MR) is 96.8 cm³/mol. The summed E-state index contributed by atoms with van der Waals surface area (Å²) < 4.78 is 20.8. The first-order valence-corrected chi connectivity index (χ1v) is 7.97. The van der Waals surface area contributed by atoms with Crippen molar-refractivity contribution in [1.82, 2.24) is 15.4 Å². The Morgan fingerprint density at radius 2 is 1.81 bits per heavy atom. The lowest BCUT2D eigenvalue weighted by Crippen LogP contribution is -2.16. The largest absolute Gasteiger partial charge is 0.481 e. The Balaban J connectivity index is 2.47. The standard InChI is InChI=1S/C18H21N3O6/c1-6-26-21-11(2)12-8-7-9-13(16(12)17(22)25-5)27-18-19-14(23-3)10-15(20-18)24-4/h7-10,21H,2,6H2,1,3-5H3. The van der Waals surface area contributed by atoms with Crippen molar-refractivity contribution in [2.45, 2.75) is 6.92 Å². The van der Waals surface area contributed by atoms with Crippen LogP contribution in [0.15, 0.2) is 30.8 Å². The molecule has 0 aliphatic heterocycles. The van der Waals surface area contributed by atoms with Crippen LogP contribution in [0, 0.1) is 0 Å². The summed E-state index contributed by atoms with van der Waals surface area (Å²) >= 11 is 0. The quantitative estimate of drug-likeness (QED) is 0.523. The number of ether oxygens (including phenoxy) is 4. The number of methoxy groups -OCH3 is 3. The van der Waals surface area contributed by atoms with E-state index in [0.29, 0.717) is 17.9 Å². The Labute approximate surface area is 156 Å². The van der Waals surface area contributed by atoms with Crippen molar-refractivity contribution in [3.8, 4) is 23.5 Å². The lowest BCUT2D eigenvalue weighted by Gasteiger charge is -2.15. The molecule has 0 aliphatic rings. The molecule has 0 saturated carbocycles. The minimum absolute atomic E-state index is 0.0584. The van der Waals surface area contributed by atoms with Gasteiger partial charge in [0.25, 0.3) is 0 Å². The van der Waals surface area contributed by atoms with Crippen molar-refractivity contribution in [3.63, 3.8) is 0 Å². The molecule has 0 unspecified atom stereocenters. The predicted octanol–water partition coefficient (Wildman–Crippen LogP) is 2.58. The molecule has 0 aliphatic carbocycles. The Hall–Kier alpha value is -3.33. The molecule has 0 saturated heterocycles. The van der Waals surface area contributed by atoms with E-state index in [1.807, 2.05) is 6.92 Å². The molecule has 1 N–H and O–H groups in total. The summed E-state index contributed by atoms with van der Waals surface area (Å²) in [5.41, 5.74) is 3.62. The van der Waals surface area contributed by atoms with Crippen LogP contribution in [0.2, 0.25) is 0 Å². The Bertz CT molecular complexity index is 802. The van der Waals surface area contributed by atoms with Crippen molar-refractivity contribution < 1.29 is 28.6 Å². The third-order valence-corrected chi connectivity index (χ3v) is 3.36. The summed E-state index contributed by atoms with van der Waals surface area (Å²) in [6, 6.07) is 6.39. The van der Waals surface area contributed by atoms with Crippen LogP contribution in [0.4, 0.5) is 0 Å². The zero-order chi connectivity index (χ0) is 19.8. The SMILES string of the molecule is C=C(NOCC)c1cccc(Oc2nc(OC)cc(OC)n2)c1C(=O)OC. The van der Waals surface area contributed by atoms with Crippen LogP contribution in [0.25, 0.3) is 5.70 Å². The average Bonchev–Trinajstić information content (AvgIpc) is 2.70. The van der Waals surface area contributed by atoms with Crippen LogP contribution in [-0.2, 0) is 9.57 Å². The molecule has 0 bridgehead atoms.